The van der Waals surface area contributed by atoms with Gasteiger partial charge in [0.05, 0.1) is 29.1 Å². The molecule has 6 heterocycles. The Labute approximate surface area is 266 Å². The lowest BCUT2D eigenvalue weighted by atomic mass is 9.98. The molecule has 0 radical (unpaired) electrons. The van der Waals surface area contributed by atoms with E-state index < -0.39 is 23.1 Å². The first kappa shape index (κ1) is 29.0. The van der Waals surface area contributed by atoms with Crippen LogP contribution in [0.25, 0.3) is 50.2 Å². The van der Waals surface area contributed by atoms with Crippen LogP contribution in [0.5, 0.6) is 0 Å². The number of carbonyl (C=O) groups is 1. The number of hydrogen-bond donors (Lipinski definition) is 1. The topological polar surface area (TPSA) is 105 Å². The summed E-state index contributed by atoms with van der Waals surface area (Å²) in [6, 6.07) is 10.5. The molecule has 2 aromatic carbocycles. The van der Waals surface area contributed by atoms with E-state index in [0.29, 0.717) is 58.6 Å². The van der Waals surface area contributed by atoms with E-state index in [2.05, 4.69) is 20.2 Å². The highest BCUT2D eigenvalue weighted by atomic mass is 19.1. The molecule has 2 unspecified atom stereocenters. The highest BCUT2D eigenvalue weighted by molar-refractivity contribution is 6.03. The van der Waals surface area contributed by atoms with Crippen molar-refractivity contribution in [3.8, 4) is 33.6 Å². The van der Waals surface area contributed by atoms with E-state index in [0.717, 1.165) is 0 Å². The van der Waals surface area contributed by atoms with Gasteiger partial charge in [-0.25, -0.2) is 27.5 Å². The van der Waals surface area contributed by atoms with Crippen LogP contribution in [0.3, 0.4) is 0 Å². The molecule has 2 bridgehead atoms. The summed E-state index contributed by atoms with van der Waals surface area (Å²) in [4.78, 5) is 25.0. The molecular weight excluding hydrogens is 609 g/mol. The third kappa shape index (κ3) is 4.75. The zero-order valence-corrected chi connectivity index (χ0v) is 25.7. The molecule has 2 aliphatic rings. The zero-order chi connectivity index (χ0) is 32.6. The summed E-state index contributed by atoms with van der Waals surface area (Å²) in [5, 5.41) is 12.1. The monoisotopic (exact) mass is 638 g/mol. The average molecular weight is 639 g/mol. The summed E-state index contributed by atoms with van der Waals surface area (Å²) in [5.74, 6) is -1.99. The van der Waals surface area contributed by atoms with Crippen molar-refractivity contribution in [2.24, 2.45) is 0 Å². The van der Waals surface area contributed by atoms with Gasteiger partial charge in [-0.05, 0) is 69.2 Å². The minimum absolute atomic E-state index is 0.0862. The largest absolute Gasteiger partial charge is 0.444 e. The van der Waals surface area contributed by atoms with Gasteiger partial charge >= 0.3 is 6.09 Å². The van der Waals surface area contributed by atoms with E-state index in [1.165, 1.54) is 41.2 Å². The molecule has 2 atom stereocenters. The Balaban J connectivity index is 1.20. The van der Waals surface area contributed by atoms with Gasteiger partial charge in [0.15, 0.2) is 5.65 Å². The van der Waals surface area contributed by atoms with Crippen LogP contribution in [0.2, 0.25) is 0 Å². The van der Waals surface area contributed by atoms with Gasteiger partial charge in [0.25, 0.3) is 0 Å². The SMILES string of the molecule is CC(C)(C)OC(=O)N1CC2CC1CN2c1cc(F)c(-c2ccnc3c(-c4ccc(F)c5[nH]ncc45)c(-c4ccncc4)nn23)c(F)c1. The second-order valence-corrected chi connectivity index (χ2v) is 12.9. The molecule has 10 nitrogen and oxygen atoms in total. The number of piperazine rings is 1. The Bertz CT molecular complexity index is 2170. The molecule has 2 fully saturated rings. The van der Waals surface area contributed by atoms with Crippen molar-refractivity contribution >= 4 is 28.3 Å². The van der Waals surface area contributed by atoms with Crippen molar-refractivity contribution in [2.75, 3.05) is 18.0 Å². The molecule has 0 spiro atoms. The van der Waals surface area contributed by atoms with Gasteiger partial charge in [0, 0.05) is 54.4 Å². The van der Waals surface area contributed by atoms with Crippen molar-refractivity contribution in [3.05, 3.63) is 84.7 Å². The number of nitrogens with zero attached hydrogens (tertiary/aromatic N) is 7. The quantitative estimate of drug-likeness (QED) is 0.232. The van der Waals surface area contributed by atoms with E-state index in [1.807, 2.05) is 25.7 Å². The molecule has 13 heteroatoms. The summed E-state index contributed by atoms with van der Waals surface area (Å²) in [5.41, 5.74) is 2.53. The number of H-pyrrole nitrogens is 1. The van der Waals surface area contributed by atoms with Crippen LogP contribution in [0.15, 0.2) is 67.3 Å². The van der Waals surface area contributed by atoms with Gasteiger partial charge in [-0.15, -0.1) is 0 Å². The number of aromatic amines is 1. The van der Waals surface area contributed by atoms with Gasteiger partial charge in [-0.1, -0.05) is 6.07 Å². The minimum atomic E-state index is -0.763. The third-order valence-electron chi connectivity index (χ3n) is 8.79. The average Bonchev–Trinajstić information content (AvgIpc) is 3.84. The van der Waals surface area contributed by atoms with E-state index in [-0.39, 0.29) is 35.0 Å². The predicted octanol–water partition coefficient (Wildman–Crippen LogP) is 6.62. The lowest BCUT2D eigenvalue weighted by Gasteiger charge is -2.36. The second kappa shape index (κ2) is 10.5. The predicted molar refractivity (Wildman–Crippen MR) is 169 cm³/mol. The number of halogens is 3. The number of fused-ring (bicyclic) bond motifs is 4. The van der Waals surface area contributed by atoms with Crippen LogP contribution in [-0.2, 0) is 4.74 Å². The van der Waals surface area contributed by atoms with Crippen LogP contribution in [0.1, 0.15) is 27.2 Å². The Kier molecular flexibility index (Phi) is 6.50. The maximum atomic E-state index is 16.1. The number of anilines is 1. The number of pyridine rings is 1. The summed E-state index contributed by atoms with van der Waals surface area (Å²) in [6.45, 7) is 6.32. The smallest absolute Gasteiger partial charge is 0.410 e. The first-order valence-corrected chi connectivity index (χ1v) is 15.2. The summed E-state index contributed by atoms with van der Waals surface area (Å²) < 4.78 is 53.8. The van der Waals surface area contributed by atoms with Crippen molar-refractivity contribution < 1.29 is 22.7 Å². The normalized spacial score (nSPS) is 17.7. The minimum Gasteiger partial charge on any atom is -0.444 e. The number of ether oxygens (including phenoxy) is 1. The van der Waals surface area contributed by atoms with Crippen LogP contribution in [0, 0.1) is 17.5 Å². The third-order valence-corrected chi connectivity index (χ3v) is 8.79. The molecule has 1 N–H and O–H groups in total. The van der Waals surface area contributed by atoms with Gasteiger partial charge in [0.2, 0.25) is 0 Å². The zero-order valence-electron chi connectivity index (χ0n) is 25.7. The van der Waals surface area contributed by atoms with Gasteiger partial charge < -0.3 is 14.5 Å². The standard InChI is InChI=1S/C34H29F3N8O2/c1-34(2,3)47-33(46)44-17-20-12-21(44)16-43(20)19-13-25(36)29(26(37)14-19)27-8-11-39-32-28(22-4-5-24(35)31-23(22)15-40-41-31)30(42-45(27)32)18-6-9-38-10-7-18/h4-11,13-15,20-21H,12,16-17H2,1-3H3,(H,40,41). The number of hydrogen-bond acceptors (Lipinski definition) is 7. The van der Waals surface area contributed by atoms with Gasteiger partial charge in [-0.3, -0.25) is 10.1 Å². The number of nitrogens with one attached hydrogen (secondary N) is 1. The molecule has 0 aliphatic carbocycles. The molecule has 2 saturated heterocycles. The van der Waals surface area contributed by atoms with Crippen molar-refractivity contribution in [2.45, 2.75) is 44.9 Å². The second-order valence-electron chi connectivity index (χ2n) is 12.9. The first-order valence-electron chi connectivity index (χ1n) is 15.2. The lowest BCUT2D eigenvalue weighted by Crippen LogP contribution is -2.50. The Hall–Kier alpha value is -5.46. The molecule has 238 valence electrons. The van der Waals surface area contributed by atoms with E-state index in [1.54, 1.807) is 35.5 Å². The lowest BCUT2D eigenvalue weighted by molar-refractivity contribution is 0.0214. The Morgan fingerprint density at radius 3 is 2.40 bits per heavy atom. The van der Waals surface area contributed by atoms with E-state index in [9.17, 15) is 9.18 Å². The van der Waals surface area contributed by atoms with Crippen molar-refractivity contribution in [3.63, 3.8) is 0 Å². The number of benzene rings is 2. The highest BCUT2D eigenvalue weighted by Gasteiger charge is 2.47. The van der Waals surface area contributed by atoms with Crippen molar-refractivity contribution in [1.82, 2.24) is 34.7 Å². The van der Waals surface area contributed by atoms with Gasteiger partial charge in [-0.2, -0.15) is 10.2 Å². The number of amides is 1. The summed E-state index contributed by atoms with van der Waals surface area (Å²) >= 11 is 0. The highest BCUT2D eigenvalue weighted by Crippen LogP contribution is 2.41. The van der Waals surface area contributed by atoms with Crippen LogP contribution >= 0.6 is 0 Å². The van der Waals surface area contributed by atoms with E-state index >= 15 is 8.78 Å². The first-order chi connectivity index (χ1) is 22.6. The fourth-order valence-electron chi connectivity index (χ4n) is 6.81. The van der Waals surface area contributed by atoms with Crippen LogP contribution in [-0.4, -0.2) is 71.5 Å². The van der Waals surface area contributed by atoms with Gasteiger partial charge in [0.1, 0.15) is 34.3 Å². The number of rotatable bonds is 4. The fourth-order valence-corrected chi connectivity index (χ4v) is 6.81. The molecule has 1 amide bonds. The fraction of sp³-hybridized carbons (Fsp3) is 0.265. The van der Waals surface area contributed by atoms with Crippen LogP contribution in [0.4, 0.5) is 23.7 Å². The number of likely N-dealkylation sites (tertiary alicyclic amines) is 1. The molecule has 4 aromatic heterocycles. The Morgan fingerprint density at radius 2 is 1.70 bits per heavy atom. The Morgan fingerprint density at radius 1 is 0.936 bits per heavy atom. The molecule has 6 aromatic rings. The molecular formula is C34H29F3N8O2. The van der Waals surface area contributed by atoms with Crippen LogP contribution < -0.4 is 4.90 Å². The maximum Gasteiger partial charge on any atom is 0.410 e. The summed E-state index contributed by atoms with van der Waals surface area (Å²) in [6.07, 6.45) is 6.54. The molecule has 2 aliphatic heterocycles. The molecule has 0 saturated carbocycles. The number of aromatic nitrogens is 6. The number of carbonyl (C=O) groups excluding carboxylic acids is 1. The molecule has 8 rings (SSSR count). The maximum absolute atomic E-state index is 16.1. The van der Waals surface area contributed by atoms with E-state index in [4.69, 9.17) is 9.84 Å². The van der Waals surface area contributed by atoms with Crippen molar-refractivity contribution in [1.29, 1.82) is 0 Å². The molecule has 47 heavy (non-hydrogen) atoms. The summed E-state index contributed by atoms with van der Waals surface area (Å²) in [7, 11) is 0.